The number of rotatable bonds is 5. The number of hydrogen-bond acceptors (Lipinski definition) is 6. The lowest BCUT2D eigenvalue weighted by molar-refractivity contribution is 0.0398. The third-order valence-electron chi connectivity index (χ3n) is 3.57. The Morgan fingerprint density at radius 2 is 1.95 bits per heavy atom. The number of ether oxygens (including phenoxy) is 1. The number of nitrogens with one attached hydrogen (secondary N) is 2. The van der Waals surface area contributed by atoms with Crippen LogP contribution in [0.25, 0.3) is 11.3 Å². The summed E-state index contributed by atoms with van der Waals surface area (Å²) in [5, 5.41) is 11.2. The Labute approximate surface area is 128 Å². The van der Waals surface area contributed by atoms with Crippen LogP contribution in [0.1, 0.15) is 0 Å². The summed E-state index contributed by atoms with van der Waals surface area (Å²) in [6.45, 7) is 5.03. The molecular weight excluding hydrogens is 282 g/mol. The van der Waals surface area contributed by atoms with Crippen molar-refractivity contribution in [1.82, 2.24) is 20.1 Å². The first-order valence-electron chi connectivity index (χ1n) is 7.39. The van der Waals surface area contributed by atoms with Gasteiger partial charge < -0.3 is 10.1 Å². The number of aromatic nitrogens is 3. The number of hydrogen-bond donors (Lipinski definition) is 2. The van der Waals surface area contributed by atoms with Gasteiger partial charge in [0, 0.05) is 31.7 Å². The summed E-state index contributed by atoms with van der Waals surface area (Å²) >= 11 is 0. The summed E-state index contributed by atoms with van der Waals surface area (Å²) in [6, 6.07) is 9.30. The smallest absolute Gasteiger partial charge is 0.279 e. The van der Waals surface area contributed by atoms with Crippen molar-refractivity contribution in [3.8, 4) is 11.3 Å². The van der Waals surface area contributed by atoms with Gasteiger partial charge in [0.05, 0.1) is 13.2 Å². The molecule has 7 heteroatoms. The first-order chi connectivity index (χ1) is 10.8. The van der Waals surface area contributed by atoms with Crippen molar-refractivity contribution >= 4 is 5.95 Å². The van der Waals surface area contributed by atoms with Crippen LogP contribution in [0.4, 0.5) is 5.95 Å². The van der Waals surface area contributed by atoms with Gasteiger partial charge in [-0.2, -0.15) is 0 Å². The minimum absolute atomic E-state index is 0.241. The maximum absolute atomic E-state index is 12.1. The van der Waals surface area contributed by atoms with E-state index in [2.05, 4.69) is 25.4 Å². The fourth-order valence-electron chi connectivity index (χ4n) is 2.36. The average Bonchev–Trinajstić information content (AvgIpc) is 2.57. The van der Waals surface area contributed by atoms with Gasteiger partial charge in [-0.25, -0.2) is 0 Å². The highest BCUT2D eigenvalue weighted by Crippen LogP contribution is 2.10. The van der Waals surface area contributed by atoms with Gasteiger partial charge in [-0.3, -0.25) is 14.7 Å². The summed E-state index contributed by atoms with van der Waals surface area (Å²) in [5.74, 6) is 0.401. The van der Waals surface area contributed by atoms with Crippen molar-refractivity contribution in [2.75, 3.05) is 44.7 Å². The molecule has 116 valence electrons. The maximum Gasteiger partial charge on any atom is 0.279 e. The molecular formula is C15H19N5O2. The Hall–Kier alpha value is -2.25. The lowest BCUT2D eigenvalue weighted by Gasteiger charge is -2.26. The summed E-state index contributed by atoms with van der Waals surface area (Å²) in [7, 11) is 0. The molecule has 2 aromatic rings. The van der Waals surface area contributed by atoms with Gasteiger partial charge in [0.1, 0.15) is 0 Å². The zero-order chi connectivity index (χ0) is 15.2. The second-order valence-corrected chi connectivity index (χ2v) is 5.10. The quantitative estimate of drug-likeness (QED) is 0.840. The zero-order valence-corrected chi connectivity index (χ0v) is 12.3. The Kier molecular flexibility index (Phi) is 4.77. The second-order valence-electron chi connectivity index (χ2n) is 5.10. The van der Waals surface area contributed by atoms with Crippen LogP contribution in [0.15, 0.2) is 35.1 Å². The van der Waals surface area contributed by atoms with E-state index in [1.807, 2.05) is 30.3 Å². The summed E-state index contributed by atoms with van der Waals surface area (Å²) in [5.41, 5.74) is 0.852. The first kappa shape index (κ1) is 14.7. The van der Waals surface area contributed by atoms with E-state index in [9.17, 15) is 4.79 Å². The predicted octanol–water partition coefficient (Wildman–Crippen LogP) is 0.576. The highest BCUT2D eigenvalue weighted by atomic mass is 16.5. The van der Waals surface area contributed by atoms with E-state index in [1.54, 1.807) is 0 Å². The van der Waals surface area contributed by atoms with Crippen molar-refractivity contribution < 1.29 is 4.74 Å². The van der Waals surface area contributed by atoms with E-state index >= 15 is 0 Å². The molecule has 1 aromatic heterocycles. The Bertz CT molecular complexity index is 652. The van der Waals surface area contributed by atoms with E-state index in [0.717, 1.165) is 38.4 Å². The van der Waals surface area contributed by atoms with Crippen molar-refractivity contribution in [3.05, 3.63) is 40.7 Å². The van der Waals surface area contributed by atoms with Gasteiger partial charge in [-0.1, -0.05) is 30.3 Å². The van der Waals surface area contributed by atoms with E-state index in [-0.39, 0.29) is 5.56 Å². The molecule has 0 spiro atoms. The van der Waals surface area contributed by atoms with Crippen molar-refractivity contribution in [2.24, 2.45) is 0 Å². The third kappa shape index (κ3) is 3.69. The standard InChI is InChI=1S/C15H19N5O2/c21-14-13(12-4-2-1-3-5-12)18-19-15(17-14)16-6-7-20-8-10-22-11-9-20/h1-5H,6-11H2,(H2,16,17,19,21). The Morgan fingerprint density at radius 1 is 1.18 bits per heavy atom. The SMILES string of the molecule is O=c1[nH]c(NCCN2CCOCC2)nnc1-c1ccccc1. The molecule has 0 amide bonds. The fraction of sp³-hybridized carbons (Fsp3) is 0.400. The van der Waals surface area contributed by atoms with Gasteiger partial charge >= 0.3 is 0 Å². The fourth-order valence-corrected chi connectivity index (χ4v) is 2.36. The van der Waals surface area contributed by atoms with Gasteiger partial charge in [0.15, 0.2) is 5.69 Å². The lowest BCUT2D eigenvalue weighted by atomic mass is 10.2. The maximum atomic E-state index is 12.1. The molecule has 1 saturated heterocycles. The lowest BCUT2D eigenvalue weighted by Crippen LogP contribution is -2.39. The van der Waals surface area contributed by atoms with Gasteiger partial charge in [-0.05, 0) is 0 Å². The van der Waals surface area contributed by atoms with E-state index < -0.39 is 0 Å². The number of benzene rings is 1. The second kappa shape index (κ2) is 7.15. The van der Waals surface area contributed by atoms with Crippen LogP contribution in [-0.4, -0.2) is 59.5 Å². The molecule has 0 aliphatic carbocycles. The van der Waals surface area contributed by atoms with Crippen molar-refractivity contribution in [1.29, 1.82) is 0 Å². The minimum atomic E-state index is -0.241. The minimum Gasteiger partial charge on any atom is -0.379 e. The molecule has 0 bridgehead atoms. The van der Waals surface area contributed by atoms with E-state index in [1.165, 1.54) is 0 Å². The van der Waals surface area contributed by atoms with Crippen LogP contribution < -0.4 is 10.9 Å². The molecule has 1 aliphatic heterocycles. The highest BCUT2D eigenvalue weighted by molar-refractivity contribution is 5.57. The topological polar surface area (TPSA) is 83.1 Å². The predicted molar refractivity (Wildman–Crippen MR) is 83.8 cm³/mol. The third-order valence-corrected chi connectivity index (χ3v) is 3.57. The summed E-state index contributed by atoms with van der Waals surface area (Å²) in [6.07, 6.45) is 0. The van der Waals surface area contributed by atoms with Crippen molar-refractivity contribution in [3.63, 3.8) is 0 Å². The molecule has 0 unspecified atom stereocenters. The van der Waals surface area contributed by atoms with Crippen LogP contribution in [0.5, 0.6) is 0 Å². The Balaban J connectivity index is 1.59. The van der Waals surface area contributed by atoms with Crippen LogP contribution in [0.2, 0.25) is 0 Å². The van der Waals surface area contributed by atoms with Gasteiger partial charge in [0.2, 0.25) is 5.95 Å². The van der Waals surface area contributed by atoms with Crippen molar-refractivity contribution in [2.45, 2.75) is 0 Å². The first-order valence-corrected chi connectivity index (χ1v) is 7.39. The van der Waals surface area contributed by atoms with E-state index in [0.29, 0.717) is 18.2 Å². The monoisotopic (exact) mass is 301 g/mol. The average molecular weight is 301 g/mol. The van der Waals surface area contributed by atoms with Crippen LogP contribution in [0.3, 0.4) is 0 Å². The number of morpholine rings is 1. The number of aromatic amines is 1. The largest absolute Gasteiger partial charge is 0.379 e. The molecule has 7 nitrogen and oxygen atoms in total. The molecule has 1 fully saturated rings. The molecule has 1 aliphatic rings. The van der Waals surface area contributed by atoms with Gasteiger partial charge in [-0.15, -0.1) is 10.2 Å². The molecule has 0 saturated carbocycles. The van der Waals surface area contributed by atoms with Gasteiger partial charge in [0.25, 0.3) is 5.56 Å². The van der Waals surface area contributed by atoms with E-state index in [4.69, 9.17) is 4.74 Å². The highest BCUT2D eigenvalue weighted by Gasteiger charge is 2.10. The van der Waals surface area contributed by atoms with Crippen LogP contribution in [0, 0.1) is 0 Å². The summed E-state index contributed by atoms with van der Waals surface area (Å²) < 4.78 is 5.30. The molecule has 3 rings (SSSR count). The molecule has 2 heterocycles. The molecule has 0 atom stereocenters. The molecule has 0 radical (unpaired) electrons. The number of anilines is 1. The molecule has 2 N–H and O–H groups in total. The van der Waals surface area contributed by atoms with Crippen LogP contribution in [-0.2, 0) is 4.74 Å². The molecule has 22 heavy (non-hydrogen) atoms. The number of H-pyrrole nitrogens is 1. The van der Waals surface area contributed by atoms with Crippen LogP contribution >= 0.6 is 0 Å². The number of nitrogens with zero attached hydrogens (tertiary/aromatic N) is 3. The summed E-state index contributed by atoms with van der Waals surface area (Å²) in [4.78, 5) is 17.1. The molecule has 1 aromatic carbocycles. The normalized spacial score (nSPS) is 15.6. The zero-order valence-electron chi connectivity index (χ0n) is 12.3. The Morgan fingerprint density at radius 3 is 2.68 bits per heavy atom.